The molecule has 0 unspecified atom stereocenters. The van der Waals surface area contributed by atoms with E-state index in [1.165, 1.54) is 57.8 Å². The van der Waals surface area contributed by atoms with Crippen LogP contribution >= 0.6 is 0 Å². The van der Waals surface area contributed by atoms with Crippen LogP contribution in [0.3, 0.4) is 0 Å². The summed E-state index contributed by atoms with van der Waals surface area (Å²) >= 11 is 0. The predicted molar refractivity (Wildman–Crippen MR) is 82.7 cm³/mol. The lowest BCUT2D eigenvalue weighted by Gasteiger charge is -2.36. The summed E-state index contributed by atoms with van der Waals surface area (Å²) in [5.41, 5.74) is 0. The van der Waals surface area contributed by atoms with Crippen LogP contribution in [-0.4, -0.2) is 0 Å². The first-order valence-corrected chi connectivity index (χ1v) is 8.33. The standard InChI is InChI=1S/C15H26.C3H8/c1-3-13-6-10-15(11-7-13)14-8-4-12(2)5-9-14;1-3-2/h3,12-15H,1,4-11H2,2H3;3H2,1-2H3. The minimum atomic E-state index is 0.837. The quantitative estimate of drug-likeness (QED) is 0.510. The second-order valence-corrected chi connectivity index (χ2v) is 6.64. The topological polar surface area (TPSA) is 0 Å². The summed E-state index contributed by atoms with van der Waals surface area (Å²) in [6.07, 6.45) is 15.2. The molecule has 2 saturated carbocycles. The van der Waals surface area contributed by atoms with Crippen molar-refractivity contribution in [3.63, 3.8) is 0 Å². The van der Waals surface area contributed by atoms with Gasteiger partial charge in [0.1, 0.15) is 0 Å². The Balaban J connectivity index is 0.000000492. The lowest BCUT2D eigenvalue weighted by molar-refractivity contribution is 0.160. The molecule has 0 nitrogen and oxygen atoms in total. The predicted octanol–water partition coefficient (Wildman–Crippen LogP) is 6.22. The second-order valence-electron chi connectivity index (χ2n) is 6.64. The van der Waals surface area contributed by atoms with Crippen LogP contribution in [0.15, 0.2) is 12.7 Å². The van der Waals surface area contributed by atoms with Gasteiger partial charge in [-0.1, -0.05) is 46.1 Å². The highest BCUT2D eigenvalue weighted by molar-refractivity contribution is 4.87. The first kappa shape index (κ1) is 15.8. The SMILES string of the molecule is C=CC1CCC(C2CCC(C)CC2)CC1.CCC. The van der Waals surface area contributed by atoms with Crippen molar-refractivity contribution < 1.29 is 0 Å². The zero-order valence-corrected chi connectivity index (χ0v) is 13.0. The van der Waals surface area contributed by atoms with Gasteiger partial charge in [0.15, 0.2) is 0 Å². The summed E-state index contributed by atoms with van der Waals surface area (Å²) in [5, 5.41) is 0. The van der Waals surface area contributed by atoms with Gasteiger partial charge in [0, 0.05) is 0 Å². The number of hydrogen-bond donors (Lipinski definition) is 0. The van der Waals surface area contributed by atoms with E-state index in [1.54, 1.807) is 0 Å². The van der Waals surface area contributed by atoms with E-state index in [2.05, 4.69) is 33.4 Å². The summed E-state index contributed by atoms with van der Waals surface area (Å²) in [7, 11) is 0. The second kappa shape index (κ2) is 8.77. The lowest BCUT2D eigenvalue weighted by atomic mass is 9.69. The third kappa shape index (κ3) is 5.16. The molecule has 2 rings (SSSR count). The normalized spacial score (nSPS) is 36.4. The van der Waals surface area contributed by atoms with Crippen LogP contribution in [0, 0.1) is 23.7 Å². The molecule has 0 bridgehead atoms. The third-order valence-electron chi connectivity index (χ3n) is 4.88. The van der Waals surface area contributed by atoms with Gasteiger partial charge in [0.05, 0.1) is 0 Å². The molecule has 2 fully saturated rings. The number of hydrogen-bond acceptors (Lipinski definition) is 0. The zero-order chi connectivity index (χ0) is 13.4. The average molecular weight is 250 g/mol. The Labute approximate surface area is 115 Å². The first-order valence-electron chi connectivity index (χ1n) is 8.33. The van der Waals surface area contributed by atoms with Crippen LogP contribution in [0.5, 0.6) is 0 Å². The highest BCUT2D eigenvalue weighted by atomic mass is 14.3. The van der Waals surface area contributed by atoms with Gasteiger partial charge in [-0.3, -0.25) is 0 Å². The lowest BCUT2D eigenvalue weighted by Crippen LogP contribution is -2.24. The van der Waals surface area contributed by atoms with Gasteiger partial charge < -0.3 is 0 Å². The van der Waals surface area contributed by atoms with Gasteiger partial charge in [-0.2, -0.15) is 0 Å². The summed E-state index contributed by atoms with van der Waals surface area (Å²) in [5.74, 6) is 3.98. The molecule has 106 valence electrons. The minimum Gasteiger partial charge on any atom is -0.103 e. The first-order chi connectivity index (χ1) is 8.71. The van der Waals surface area contributed by atoms with E-state index in [-0.39, 0.29) is 0 Å². The zero-order valence-electron chi connectivity index (χ0n) is 13.0. The fourth-order valence-corrected chi connectivity index (χ4v) is 3.61. The van der Waals surface area contributed by atoms with E-state index in [0.717, 1.165) is 23.7 Å². The Morgan fingerprint density at radius 1 is 0.833 bits per heavy atom. The van der Waals surface area contributed by atoms with Gasteiger partial charge in [-0.05, 0) is 62.2 Å². The monoisotopic (exact) mass is 250 g/mol. The molecule has 0 atom stereocenters. The van der Waals surface area contributed by atoms with Gasteiger partial charge in [-0.15, -0.1) is 6.58 Å². The Morgan fingerprint density at radius 3 is 1.61 bits per heavy atom. The Bertz CT molecular complexity index is 202. The maximum absolute atomic E-state index is 3.93. The van der Waals surface area contributed by atoms with Crippen molar-refractivity contribution in [2.75, 3.05) is 0 Å². The molecule has 0 aliphatic heterocycles. The van der Waals surface area contributed by atoms with E-state index >= 15 is 0 Å². The molecule has 0 spiro atoms. The Hall–Kier alpha value is -0.260. The molecule has 0 N–H and O–H groups in total. The molecule has 0 aromatic heterocycles. The fraction of sp³-hybridized carbons (Fsp3) is 0.889. The maximum atomic E-state index is 3.93. The van der Waals surface area contributed by atoms with E-state index < -0.39 is 0 Å². The van der Waals surface area contributed by atoms with Crippen molar-refractivity contribution in [3.8, 4) is 0 Å². The van der Waals surface area contributed by atoms with E-state index in [1.807, 2.05) is 0 Å². The molecular weight excluding hydrogens is 216 g/mol. The molecule has 2 aliphatic rings. The van der Waals surface area contributed by atoms with Crippen molar-refractivity contribution in [3.05, 3.63) is 12.7 Å². The Morgan fingerprint density at radius 2 is 1.22 bits per heavy atom. The highest BCUT2D eigenvalue weighted by Crippen LogP contribution is 2.41. The van der Waals surface area contributed by atoms with Crippen LogP contribution in [0.2, 0.25) is 0 Å². The molecule has 0 aromatic carbocycles. The number of rotatable bonds is 2. The van der Waals surface area contributed by atoms with Crippen LogP contribution in [0.1, 0.15) is 78.6 Å². The van der Waals surface area contributed by atoms with Gasteiger partial charge in [-0.25, -0.2) is 0 Å². The molecular formula is C18H34. The largest absolute Gasteiger partial charge is 0.103 e. The van der Waals surface area contributed by atoms with Crippen molar-refractivity contribution >= 4 is 0 Å². The van der Waals surface area contributed by atoms with Gasteiger partial charge in [0.25, 0.3) is 0 Å². The molecule has 0 radical (unpaired) electrons. The highest BCUT2D eigenvalue weighted by Gasteiger charge is 2.28. The average Bonchev–Trinajstić information content (AvgIpc) is 2.41. The summed E-state index contributed by atoms with van der Waals surface area (Å²) in [6.45, 7) is 10.6. The van der Waals surface area contributed by atoms with Crippen LogP contribution in [0.4, 0.5) is 0 Å². The molecule has 0 saturated heterocycles. The van der Waals surface area contributed by atoms with Crippen molar-refractivity contribution in [1.29, 1.82) is 0 Å². The summed E-state index contributed by atoms with van der Waals surface area (Å²) in [6, 6.07) is 0. The van der Waals surface area contributed by atoms with Gasteiger partial charge in [0.2, 0.25) is 0 Å². The van der Waals surface area contributed by atoms with E-state index in [9.17, 15) is 0 Å². The molecule has 0 amide bonds. The van der Waals surface area contributed by atoms with E-state index in [0.29, 0.717) is 0 Å². The third-order valence-corrected chi connectivity index (χ3v) is 4.88. The molecule has 18 heavy (non-hydrogen) atoms. The van der Waals surface area contributed by atoms with Crippen molar-refractivity contribution in [2.45, 2.75) is 78.6 Å². The molecule has 0 heteroatoms. The summed E-state index contributed by atoms with van der Waals surface area (Å²) in [4.78, 5) is 0. The smallest absolute Gasteiger partial charge is 0.0236 e. The van der Waals surface area contributed by atoms with Crippen molar-refractivity contribution in [2.24, 2.45) is 23.7 Å². The van der Waals surface area contributed by atoms with Crippen LogP contribution in [-0.2, 0) is 0 Å². The van der Waals surface area contributed by atoms with Crippen molar-refractivity contribution in [1.82, 2.24) is 0 Å². The molecule has 2 aliphatic carbocycles. The Kier molecular flexibility index (Phi) is 7.70. The van der Waals surface area contributed by atoms with Gasteiger partial charge >= 0.3 is 0 Å². The van der Waals surface area contributed by atoms with E-state index in [4.69, 9.17) is 0 Å². The van der Waals surface area contributed by atoms with Crippen LogP contribution < -0.4 is 0 Å². The molecule has 0 heterocycles. The number of allylic oxidation sites excluding steroid dienone is 1. The summed E-state index contributed by atoms with van der Waals surface area (Å²) < 4.78 is 0. The molecule has 0 aromatic rings. The minimum absolute atomic E-state index is 0.837. The maximum Gasteiger partial charge on any atom is -0.0236 e. The van der Waals surface area contributed by atoms with Crippen LogP contribution in [0.25, 0.3) is 0 Å². The fourth-order valence-electron chi connectivity index (χ4n) is 3.61.